The number of thiophene rings is 1. The monoisotopic (exact) mass is 345 g/mol. The van der Waals surface area contributed by atoms with Gasteiger partial charge in [-0.1, -0.05) is 17.7 Å². The number of aryl methyl sites for hydroxylation is 1. The molecule has 0 bridgehead atoms. The normalized spacial score (nSPS) is 11.3. The molecule has 5 nitrogen and oxygen atoms in total. The minimum absolute atomic E-state index is 0.0677. The van der Waals surface area contributed by atoms with Gasteiger partial charge in [-0.25, -0.2) is 8.42 Å². The molecule has 0 aliphatic carbocycles. The van der Waals surface area contributed by atoms with Gasteiger partial charge in [-0.2, -0.15) is 0 Å². The van der Waals surface area contributed by atoms with Crippen LogP contribution in [0.2, 0.25) is 5.02 Å². The molecule has 0 amide bonds. The van der Waals surface area contributed by atoms with Gasteiger partial charge >= 0.3 is 5.97 Å². The third kappa shape index (κ3) is 3.96. The van der Waals surface area contributed by atoms with Gasteiger partial charge in [0.15, 0.2) is 0 Å². The van der Waals surface area contributed by atoms with Gasteiger partial charge in [0.25, 0.3) is 10.0 Å². The maximum atomic E-state index is 12.3. The summed E-state index contributed by atoms with van der Waals surface area (Å²) in [6.45, 7) is 1.76. The highest BCUT2D eigenvalue weighted by atomic mass is 35.5. The summed E-state index contributed by atoms with van der Waals surface area (Å²) in [5.74, 6) is -1.00. The van der Waals surface area contributed by atoms with Crippen LogP contribution in [-0.2, 0) is 21.2 Å². The van der Waals surface area contributed by atoms with Crippen LogP contribution in [0.25, 0.3) is 0 Å². The van der Waals surface area contributed by atoms with E-state index in [-0.39, 0.29) is 10.6 Å². The first kappa shape index (κ1) is 15.8. The van der Waals surface area contributed by atoms with E-state index in [1.807, 2.05) is 0 Å². The second-order valence-corrected chi connectivity index (χ2v) is 7.87. The molecule has 1 heterocycles. The fourth-order valence-corrected chi connectivity index (χ4v) is 4.29. The Hall–Kier alpha value is -1.57. The Morgan fingerprint density at radius 3 is 2.71 bits per heavy atom. The molecule has 21 heavy (non-hydrogen) atoms. The van der Waals surface area contributed by atoms with Gasteiger partial charge in [-0.15, -0.1) is 11.3 Å². The van der Waals surface area contributed by atoms with E-state index < -0.39 is 16.0 Å². The lowest BCUT2D eigenvalue weighted by Gasteiger charge is -2.09. The minimum Gasteiger partial charge on any atom is -0.481 e. The number of rotatable bonds is 5. The number of carboxylic acid groups (broad SMARTS) is 1. The van der Waals surface area contributed by atoms with Crippen LogP contribution >= 0.6 is 22.9 Å². The zero-order valence-electron chi connectivity index (χ0n) is 11.0. The molecule has 8 heteroatoms. The van der Waals surface area contributed by atoms with E-state index in [9.17, 15) is 13.2 Å². The molecule has 0 fully saturated rings. The van der Waals surface area contributed by atoms with E-state index in [2.05, 4.69) is 4.72 Å². The molecule has 1 aromatic heterocycles. The zero-order valence-corrected chi connectivity index (χ0v) is 13.3. The molecule has 1 aromatic carbocycles. The molecule has 112 valence electrons. The average molecular weight is 346 g/mol. The van der Waals surface area contributed by atoms with Crippen LogP contribution in [0, 0.1) is 6.92 Å². The van der Waals surface area contributed by atoms with Gasteiger partial charge < -0.3 is 5.11 Å². The number of hydrogen-bond donors (Lipinski definition) is 2. The van der Waals surface area contributed by atoms with Gasteiger partial charge in [-0.05, 0) is 36.8 Å². The number of carboxylic acids is 1. The van der Waals surface area contributed by atoms with Crippen molar-refractivity contribution in [2.24, 2.45) is 0 Å². The van der Waals surface area contributed by atoms with E-state index >= 15 is 0 Å². The first-order valence-electron chi connectivity index (χ1n) is 5.87. The van der Waals surface area contributed by atoms with Gasteiger partial charge in [0.05, 0.1) is 12.1 Å². The highest BCUT2D eigenvalue weighted by molar-refractivity contribution is 7.94. The van der Waals surface area contributed by atoms with E-state index in [1.165, 1.54) is 18.2 Å². The second kappa shape index (κ2) is 6.05. The lowest BCUT2D eigenvalue weighted by atomic mass is 10.2. The fraction of sp³-hybridized carbons (Fsp3) is 0.154. The van der Waals surface area contributed by atoms with Crippen LogP contribution in [0.1, 0.15) is 10.4 Å². The topological polar surface area (TPSA) is 83.5 Å². The minimum atomic E-state index is -3.75. The van der Waals surface area contributed by atoms with Crippen LogP contribution in [0.15, 0.2) is 34.5 Å². The van der Waals surface area contributed by atoms with Gasteiger partial charge in [0, 0.05) is 9.90 Å². The predicted octanol–water partition coefficient (Wildman–Crippen LogP) is 3.14. The molecular formula is C13H12ClNO4S2. The van der Waals surface area contributed by atoms with Crippen molar-refractivity contribution in [3.05, 3.63) is 45.8 Å². The van der Waals surface area contributed by atoms with Crippen molar-refractivity contribution >= 4 is 44.6 Å². The van der Waals surface area contributed by atoms with Gasteiger partial charge in [0.2, 0.25) is 0 Å². The number of sulfonamides is 1. The first-order chi connectivity index (χ1) is 9.78. The molecule has 2 aromatic rings. The quantitative estimate of drug-likeness (QED) is 0.872. The van der Waals surface area contributed by atoms with Crippen LogP contribution < -0.4 is 4.72 Å². The van der Waals surface area contributed by atoms with Crippen molar-refractivity contribution in [1.29, 1.82) is 0 Å². The van der Waals surface area contributed by atoms with Crippen LogP contribution in [0.3, 0.4) is 0 Å². The predicted molar refractivity (Wildman–Crippen MR) is 82.7 cm³/mol. The summed E-state index contributed by atoms with van der Waals surface area (Å²) >= 11 is 6.79. The molecule has 0 radical (unpaired) electrons. The maximum absolute atomic E-state index is 12.3. The summed E-state index contributed by atoms with van der Waals surface area (Å²) in [6, 6.07) is 7.80. The molecule has 2 rings (SSSR count). The molecule has 0 unspecified atom stereocenters. The van der Waals surface area contributed by atoms with Crippen LogP contribution in [0.5, 0.6) is 0 Å². The first-order valence-corrected chi connectivity index (χ1v) is 8.55. The number of halogens is 1. The summed E-state index contributed by atoms with van der Waals surface area (Å²) in [7, 11) is -3.75. The van der Waals surface area contributed by atoms with E-state index in [4.69, 9.17) is 16.7 Å². The third-order valence-corrected chi connectivity index (χ3v) is 5.85. The fourth-order valence-electron chi connectivity index (χ4n) is 1.65. The molecule has 0 atom stereocenters. The summed E-state index contributed by atoms with van der Waals surface area (Å²) in [5, 5.41) is 9.13. The number of anilines is 1. The second-order valence-electron chi connectivity index (χ2n) is 4.36. The average Bonchev–Trinajstić information content (AvgIpc) is 2.82. The standard InChI is InChI=1S/C13H12ClNO4S2/c1-8-2-3-9(14)6-11(8)15-21(18,19)13-5-4-10(20-13)7-12(16)17/h2-6,15H,7H2,1H3,(H,16,17). The molecule has 0 aliphatic rings. The van der Waals surface area contributed by atoms with Gasteiger partial charge in [0.1, 0.15) is 4.21 Å². The lowest BCUT2D eigenvalue weighted by molar-refractivity contribution is -0.136. The molecule has 2 N–H and O–H groups in total. The summed E-state index contributed by atoms with van der Waals surface area (Å²) in [4.78, 5) is 11.1. The highest BCUT2D eigenvalue weighted by Crippen LogP contribution is 2.27. The highest BCUT2D eigenvalue weighted by Gasteiger charge is 2.18. The largest absolute Gasteiger partial charge is 0.481 e. The molecule has 0 aliphatic heterocycles. The smallest absolute Gasteiger partial charge is 0.308 e. The lowest BCUT2D eigenvalue weighted by Crippen LogP contribution is -2.12. The van der Waals surface area contributed by atoms with Crippen molar-refractivity contribution in [3.63, 3.8) is 0 Å². The molecular weight excluding hydrogens is 334 g/mol. The Morgan fingerprint density at radius 2 is 2.05 bits per heavy atom. The Balaban J connectivity index is 2.28. The van der Waals surface area contributed by atoms with Crippen molar-refractivity contribution in [2.75, 3.05) is 4.72 Å². The van der Waals surface area contributed by atoms with Crippen molar-refractivity contribution < 1.29 is 18.3 Å². The summed E-state index contributed by atoms with van der Waals surface area (Å²) < 4.78 is 27.1. The summed E-state index contributed by atoms with van der Waals surface area (Å²) in [5.41, 5.74) is 1.14. The zero-order chi connectivity index (χ0) is 15.6. The molecule has 0 saturated heterocycles. The Bertz CT molecular complexity index is 783. The number of nitrogens with one attached hydrogen (secondary N) is 1. The third-order valence-electron chi connectivity index (χ3n) is 2.67. The Labute approximate surface area is 131 Å². The van der Waals surface area contributed by atoms with Crippen molar-refractivity contribution in [1.82, 2.24) is 0 Å². The van der Waals surface area contributed by atoms with Crippen molar-refractivity contribution in [2.45, 2.75) is 17.6 Å². The van der Waals surface area contributed by atoms with Gasteiger partial charge in [-0.3, -0.25) is 9.52 Å². The van der Waals surface area contributed by atoms with Crippen molar-refractivity contribution in [3.8, 4) is 0 Å². The maximum Gasteiger partial charge on any atom is 0.308 e. The number of carbonyl (C=O) groups is 1. The summed E-state index contributed by atoms with van der Waals surface area (Å²) in [6.07, 6.45) is -0.198. The number of aliphatic carboxylic acids is 1. The molecule has 0 spiro atoms. The Kier molecular flexibility index (Phi) is 4.55. The van der Waals surface area contributed by atoms with Crippen LogP contribution in [0.4, 0.5) is 5.69 Å². The Morgan fingerprint density at radius 1 is 1.33 bits per heavy atom. The van der Waals surface area contributed by atoms with E-state index in [0.29, 0.717) is 15.6 Å². The molecule has 0 saturated carbocycles. The number of hydrogen-bond acceptors (Lipinski definition) is 4. The SMILES string of the molecule is Cc1ccc(Cl)cc1NS(=O)(=O)c1ccc(CC(=O)O)s1. The number of benzene rings is 1. The van der Waals surface area contributed by atoms with E-state index in [0.717, 1.165) is 16.9 Å². The van der Waals surface area contributed by atoms with E-state index in [1.54, 1.807) is 19.1 Å². The van der Waals surface area contributed by atoms with Crippen LogP contribution in [-0.4, -0.2) is 19.5 Å².